The average molecular weight is 607 g/mol. The molecular formula is C35H30N2O6S. The van der Waals surface area contributed by atoms with E-state index in [0.29, 0.717) is 52.2 Å². The predicted molar refractivity (Wildman–Crippen MR) is 170 cm³/mol. The van der Waals surface area contributed by atoms with Gasteiger partial charge in [0.1, 0.15) is 29.6 Å². The molecule has 1 atom stereocenters. The number of ether oxygens (including phenoxy) is 3. The van der Waals surface area contributed by atoms with Crippen molar-refractivity contribution in [3.05, 3.63) is 119 Å². The Labute approximate surface area is 258 Å². The third kappa shape index (κ3) is 5.74. The molecule has 8 nitrogen and oxygen atoms in total. The van der Waals surface area contributed by atoms with Crippen molar-refractivity contribution in [2.24, 2.45) is 0 Å². The molecule has 2 heterocycles. The van der Waals surface area contributed by atoms with Gasteiger partial charge in [-0.3, -0.25) is 14.5 Å². The Hall–Kier alpha value is -5.15. The van der Waals surface area contributed by atoms with Crippen LogP contribution in [0.4, 0.5) is 5.13 Å². The summed E-state index contributed by atoms with van der Waals surface area (Å²) in [6, 6.07) is 28.3. The van der Waals surface area contributed by atoms with Gasteiger partial charge in [-0.05, 0) is 72.1 Å². The fourth-order valence-electron chi connectivity index (χ4n) is 5.07. The van der Waals surface area contributed by atoms with Crippen LogP contribution in [0.2, 0.25) is 0 Å². The molecule has 1 aliphatic rings. The van der Waals surface area contributed by atoms with Gasteiger partial charge in [-0.1, -0.05) is 60.7 Å². The SMILES string of the molecule is CCCOc1ccc(C(O)=C2C(=O)C(=O)N(c3nc4ccc(OC)cc4s3)C2c2cccc(OCc3ccccc3)c2)cc1. The Balaban J connectivity index is 1.44. The number of carbonyl (C=O) groups excluding carboxylic acids is 2. The highest BCUT2D eigenvalue weighted by molar-refractivity contribution is 7.22. The molecule has 1 amide bonds. The fourth-order valence-corrected chi connectivity index (χ4v) is 6.09. The van der Waals surface area contributed by atoms with Crippen LogP contribution < -0.4 is 19.1 Å². The molecule has 0 aliphatic carbocycles. The van der Waals surface area contributed by atoms with Crippen LogP contribution in [0.1, 0.15) is 36.1 Å². The topological polar surface area (TPSA) is 98.2 Å². The molecule has 222 valence electrons. The zero-order valence-electron chi connectivity index (χ0n) is 24.2. The molecule has 0 saturated carbocycles. The number of aliphatic hydroxyl groups excluding tert-OH is 1. The Morgan fingerprint density at radius 3 is 2.41 bits per heavy atom. The number of Topliss-reactive ketones (excluding diaryl/α,β-unsaturated/α-hetero) is 1. The molecule has 1 fully saturated rings. The van der Waals surface area contributed by atoms with E-state index in [2.05, 4.69) is 0 Å². The zero-order chi connectivity index (χ0) is 30.6. The lowest BCUT2D eigenvalue weighted by Gasteiger charge is -2.23. The number of hydrogen-bond acceptors (Lipinski definition) is 8. The highest BCUT2D eigenvalue weighted by atomic mass is 32.1. The molecule has 5 aromatic rings. The predicted octanol–water partition coefficient (Wildman–Crippen LogP) is 7.30. The number of amides is 1. The van der Waals surface area contributed by atoms with Crippen LogP contribution in [0, 0.1) is 0 Å². The summed E-state index contributed by atoms with van der Waals surface area (Å²) in [7, 11) is 1.58. The zero-order valence-corrected chi connectivity index (χ0v) is 25.0. The Bertz CT molecular complexity index is 1850. The number of thiazole rings is 1. The van der Waals surface area contributed by atoms with Crippen LogP contribution in [0.15, 0.2) is 103 Å². The number of hydrogen-bond donors (Lipinski definition) is 1. The maximum absolute atomic E-state index is 13.7. The standard InChI is InChI=1S/C35H30N2O6S/c1-3-18-42-25-14-12-23(13-15-25)32(38)30-31(24-10-7-11-27(19-24)43-21-22-8-5-4-6-9-22)37(34(40)33(30)39)35-36-28-17-16-26(41-2)20-29(28)44-35/h4-17,19-20,31,38H,3,18,21H2,1-2H3. The molecule has 1 saturated heterocycles. The number of fused-ring (bicyclic) bond motifs is 1. The van der Waals surface area contributed by atoms with Gasteiger partial charge in [0.25, 0.3) is 5.78 Å². The average Bonchev–Trinajstić information content (AvgIpc) is 3.60. The van der Waals surface area contributed by atoms with E-state index in [1.54, 1.807) is 55.6 Å². The number of aromatic nitrogens is 1. The van der Waals surface area contributed by atoms with Gasteiger partial charge < -0.3 is 19.3 Å². The summed E-state index contributed by atoms with van der Waals surface area (Å²) in [4.78, 5) is 33.5. The third-order valence-corrected chi connectivity index (χ3v) is 8.28. The normalized spacial score (nSPS) is 16.0. The van der Waals surface area contributed by atoms with Gasteiger partial charge >= 0.3 is 5.91 Å². The Morgan fingerprint density at radius 2 is 1.66 bits per heavy atom. The minimum atomic E-state index is -0.950. The van der Waals surface area contributed by atoms with E-state index >= 15 is 0 Å². The Kier molecular flexibility index (Phi) is 8.29. The summed E-state index contributed by atoms with van der Waals surface area (Å²) >= 11 is 1.27. The molecule has 6 rings (SSSR count). The summed E-state index contributed by atoms with van der Waals surface area (Å²) in [5.74, 6) is 0.00140. The lowest BCUT2D eigenvalue weighted by molar-refractivity contribution is -0.132. The van der Waals surface area contributed by atoms with Gasteiger partial charge in [0.05, 0.1) is 35.5 Å². The van der Waals surface area contributed by atoms with E-state index in [4.69, 9.17) is 19.2 Å². The maximum Gasteiger partial charge on any atom is 0.301 e. The summed E-state index contributed by atoms with van der Waals surface area (Å²) in [5.41, 5.74) is 2.61. The van der Waals surface area contributed by atoms with Gasteiger partial charge in [-0.2, -0.15) is 0 Å². The van der Waals surface area contributed by atoms with E-state index in [-0.39, 0.29) is 11.3 Å². The minimum absolute atomic E-state index is 0.0331. The molecule has 1 unspecified atom stereocenters. The van der Waals surface area contributed by atoms with E-state index in [1.807, 2.05) is 55.5 Å². The first-order chi connectivity index (χ1) is 21.5. The summed E-state index contributed by atoms with van der Waals surface area (Å²) in [6.07, 6.45) is 0.859. The lowest BCUT2D eigenvalue weighted by Crippen LogP contribution is -2.29. The second-order valence-electron chi connectivity index (χ2n) is 10.2. The van der Waals surface area contributed by atoms with Crippen LogP contribution in [-0.2, 0) is 16.2 Å². The molecule has 44 heavy (non-hydrogen) atoms. The number of anilines is 1. The molecule has 0 bridgehead atoms. The second-order valence-corrected chi connectivity index (χ2v) is 11.2. The number of carbonyl (C=O) groups is 2. The van der Waals surface area contributed by atoms with Crippen molar-refractivity contribution in [2.75, 3.05) is 18.6 Å². The smallest absolute Gasteiger partial charge is 0.301 e. The van der Waals surface area contributed by atoms with Crippen molar-refractivity contribution < 1.29 is 28.9 Å². The van der Waals surface area contributed by atoms with Gasteiger partial charge in [0.2, 0.25) is 0 Å². The molecular weight excluding hydrogens is 576 g/mol. The number of aliphatic hydroxyl groups is 1. The van der Waals surface area contributed by atoms with Gasteiger partial charge in [0, 0.05) is 5.56 Å². The number of methoxy groups -OCH3 is 1. The van der Waals surface area contributed by atoms with Crippen molar-refractivity contribution >= 4 is 44.1 Å². The van der Waals surface area contributed by atoms with E-state index in [1.165, 1.54) is 16.2 Å². The van der Waals surface area contributed by atoms with Gasteiger partial charge in [0.15, 0.2) is 5.13 Å². The summed E-state index contributed by atoms with van der Waals surface area (Å²) in [6.45, 7) is 2.92. The number of benzene rings is 4. The van der Waals surface area contributed by atoms with Gasteiger partial charge in [-0.25, -0.2) is 4.98 Å². The van der Waals surface area contributed by atoms with Crippen molar-refractivity contribution in [1.29, 1.82) is 0 Å². The monoisotopic (exact) mass is 606 g/mol. The molecule has 9 heteroatoms. The Morgan fingerprint density at radius 1 is 0.886 bits per heavy atom. The summed E-state index contributed by atoms with van der Waals surface area (Å²) < 4.78 is 17.9. The molecule has 1 aromatic heterocycles. The number of rotatable bonds is 10. The molecule has 0 spiro atoms. The van der Waals surface area contributed by atoms with E-state index < -0.39 is 17.7 Å². The van der Waals surface area contributed by atoms with Crippen LogP contribution in [0.5, 0.6) is 17.2 Å². The first-order valence-corrected chi connectivity index (χ1v) is 15.0. The van der Waals surface area contributed by atoms with Crippen LogP contribution in [0.25, 0.3) is 16.0 Å². The molecule has 1 aliphatic heterocycles. The van der Waals surface area contributed by atoms with E-state index in [0.717, 1.165) is 16.7 Å². The highest BCUT2D eigenvalue weighted by Gasteiger charge is 2.48. The third-order valence-electron chi connectivity index (χ3n) is 7.26. The maximum atomic E-state index is 13.7. The second kappa shape index (κ2) is 12.6. The summed E-state index contributed by atoms with van der Waals surface area (Å²) in [5, 5.41) is 11.9. The molecule has 4 aromatic carbocycles. The number of nitrogens with zero attached hydrogens (tertiary/aromatic N) is 2. The van der Waals surface area contributed by atoms with E-state index in [9.17, 15) is 14.7 Å². The van der Waals surface area contributed by atoms with Crippen molar-refractivity contribution in [2.45, 2.75) is 26.0 Å². The first-order valence-electron chi connectivity index (χ1n) is 14.2. The first kappa shape index (κ1) is 28.9. The van der Waals surface area contributed by atoms with Crippen LogP contribution >= 0.6 is 11.3 Å². The van der Waals surface area contributed by atoms with Crippen LogP contribution in [-0.4, -0.2) is 35.5 Å². The van der Waals surface area contributed by atoms with Crippen molar-refractivity contribution in [3.63, 3.8) is 0 Å². The minimum Gasteiger partial charge on any atom is -0.507 e. The largest absolute Gasteiger partial charge is 0.507 e. The number of ketones is 1. The van der Waals surface area contributed by atoms with Crippen molar-refractivity contribution in [3.8, 4) is 17.2 Å². The molecule has 0 radical (unpaired) electrons. The lowest BCUT2D eigenvalue weighted by atomic mass is 9.95. The highest BCUT2D eigenvalue weighted by Crippen LogP contribution is 2.45. The van der Waals surface area contributed by atoms with Gasteiger partial charge in [-0.15, -0.1) is 0 Å². The van der Waals surface area contributed by atoms with Crippen molar-refractivity contribution in [1.82, 2.24) is 4.98 Å². The molecule has 1 N–H and O–H groups in total. The van der Waals surface area contributed by atoms with Crippen LogP contribution in [0.3, 0.4) is 0 Å². The quantitative estimate of drug-likeness (QED) is 0.101. The fraction of sp³-hybridized carbons (Fsp3) is 0.171.